The highest BCUT2D eigenvalue weighted by Crippen LogP contribution is 2.23. The highest BCUT2D eigenvalue weighted by molar-refractivity contribution is 9.10. The molecule has 0 aliphatic carbocycles. The summed E-state index contributed by atoms with van der Waals surface area (Å²) in [5.41, 5.74) is 11.3. The Morgan fingerprint density at radius 1 is 1.59 bits per heavy atom. The van der Waals surface area contributed by atoms with Crippen molar-refractivity contribution in [2.75, 3.05) is 7.11 Å². The molecule has 0 aliphatic rings. The van der Waals surface area contributed by atoms with Crippen molar-refractivity contribution in [1.29, 1.82) is 0 Å². The fraction of sp³-hybridized carbons (Fsp3) is 0.182. The van der Waals surface area contributed by atoms with Crippen LogP contribution in [0.15, 0.2) is 39.9 Å². The molecule has 17 heavy (non-hydrogen) atoms. The Hall–Kier alpha value is -1.04. The van der Waals surface area contributed by atoms with Crippen LogP contribution in [0.4, 0.5) is 0 Å². The summed E-state index contributed by atoms with van der Waals surface area (Å²) in [6.45, 7) is 0. The number of halogens is 2. The second-order valence-corrected chi connectivity index (χ2v) is 4.56. The van der Waals surface area contributed by atoms with Gasteiger partial charge in [-0.25, -0.2) is 4.99 Å². The van der Waals surface area contributed by atoms with Crippen LogP contribution < -0.4 is 16.2 Å². The van der Waals surface area contributed by atoms with Crippen LogP contribution in [0.25, 0.3) is 0 Å². The summed E-state index contributed by atoms with van der Waals surface area (Å²) in [7, 11) is 1.57. The van der Waals surface area contributed by atoms with Crippen molar-refractivity contribution in [3.8, 4) is 5.75 Å². The molecule has 1 rings (SSSR count). The summed E-state index contributed by atoms with van der Waals surface area (Å²) in [5, 5.41) is 0. The van der Waals surface area contributed by atoms with Crippen LogP contribution in [-0.2, 0) is 0 Å². The first-order valence-corrected chi connectivity index (χ1v) is 6.01. The Labute approximate surface area is 113 Å². The smallest absolute Gasteiger partial charge is 0.134 e. The quantitative estimate of drug-likeness (QED) is 0.387. The first-order valence-electron chi connectivity index (χ1n) is 4.78. The average Bonchev–Trinajstić information content (AvgIpc) is 2.28. The van der Waals surface area contributed by atoms with Gasteiger partial charge in [0.1, 0.15) is 17.1 Å². The molecule has 4 nitrogen and oxygen atoms in total. The molecule has 0 radical (unpaired) electrons. The second kappa shape index (κ2) is 6.64. The van der Waals surface area contributed by atoms with Crippen LogP contribution in [0.1, 0.15) is 5.56 Å². The van der Waals surface area contributed by atoms with Gasteiger partial charge in [-0.3, -0.25) is 0 Å². The number of rotatable bonds is 4. The molecule has 1 atom stereocenters. The highest BCUT2D eigenvalue weighted by Gasteiger charge is 2.06. The van der Waals surface area contributed by atoms with Crippen LogP contribution in [0.3, 0.4) is 0 Å². The van der Waals surface area contributed by atoms with Gasteiger partial charge in [-0.15, -0.1) is 11.6 Å². The van der Waals surface area contributed by atoms with Crippen LogP contribution >= 0.6 is 27.5 Å². The second-order valence-electron chi connectivity index (χ2n) is 3.14. The van der Waals surface area contributed by atoms with E-state index in [1.54, 1.807) is 7.11 Å². The number of benzene rings is 1. The number of amidine groups is 1. The molecule has 0 aliphatic heterocycles. The van der Waals surface area contributed by atoms with Gasteiger partial charge >= 0.3 is 0 Å². The van der Waals surface area contributed by atoms with E-state index in [1.165, 1.54) is 12.3 Å². The summed E-state index contributed by atoms with van der Waals surface area (Å²) in [4.78, 5) is 4.03. The number of hydrogen-bond donors (Lipinski definition) is 2. The lowest BCUT2D eigenvalue weighted by atomic mass is 10.2. The number of hydrogen-bond acceptors (Lipinski definition) is 3. The number of ether oxygens (including phenoxy) is 1. The molecule has 1 aromatic rings. The van der Waals surface area contributed by atoms with E-state index in [9.17, 15) is 0 Å². The first-order chi connectivity index (χ1) is 8.04. The van der Waals surface area contributed by atoms with Gasteiger partial charge in [0.2, 0.25) is 0 Å². The number of alkyl halides is 1. The van der Waals surface area contributed by atoms with Crippen molar-refractivity contribution in [2.45, 2.75) is 5.50 Å². The number of methoxy groups -OCH3 is 1. The van der Waals surface area contributed by atoms with Crippen LogP contribution in [0.2, 0.25) is 0 Å². The summed E-state index contributed by atoms with van der Waals surface area (Å²) in [6, 6.07) is 5.49. The van der Waals surface area contributed by atoms with E-state index in [0.717, 1.165) is 4.47 Å². The van der Waals surface area contributed by atoms with Gasteiger partial charge < -0.3 is 16.2 Å². The molecule has 0 fully saturated rings. The van der Waals surface area contributed by atoms with E-state index in [4.69, 9.17) is 27.8 Å². The van der Waals surface area contributed by atoms with Gasteiger partial charge in [-0.05, 0) is 24.3 Å². The standard InChI is InChI=1S/C11H13BrClN3O/c1-17-9-6-7(12)2-3-8(9)11(15)16-5-4-10(13)14/h2-6,10H,14H2,1H3,(H2,15,16). The maximum absolute atomic E-state index is 5.83. The van der Waals surface area contributed by atoms with Gasteiger partial charge in [0, 0.05) is 10.7 Å². The van der Waals surface area contributed by atoms with Crippen molar-refractivity contribution in [2.24, 2.45) is 16.5 Å². The van der Waals surface area contributed by atoms with Crippen LogP contribution in [0.5, 0.6) is 5.75 Å². The van der Waals surface area contributed by atoms with Crippen molar-refractivity contribution < 1.29 is 4.74 Å². The molecule has 6 heteroatoms. The third kappa shape index (κ3) is 4.38. The van der Waals surface area contributed by atoms with Gasteiger partial charge in [0.25, 0.3) is 0 Å². The predicted molar refractivity (Wildman–Crippen MR) is 74.4 cm³/mol. The maximum atomic E-state index is 5.83. The lowest BCUT2D eigenvalue weighted by Gasteiger charge is -2.07. The molecule has 92 valence electrons. The molecule has 0 saturated heterocycles. The van der Waals surface area contributed by atoms with E-state index < -0.39 is 5.50 Å². The van der Waals surface area contributed by atoms with Crippen molar-refractivity contribution >= 4 is 33.4 Å². The fourth-order valence-corrected chi connectivity index (χ4v) is 1.56. The van der Waals surface area contributed by atoms with Gasteiger partial charge in [-0.2, -0.15) is 0 Å². The normalized spacial score (nSPS) is 14.0. The van der Waals surface area contributed by atoms with Gasteiger partial charge in [-0.1, -0.05) is 15.9 Å². The zero-order chi connectivity index (χ0) is 12.8. The lowest BCUT2D eigenvalue weighted by molar-refractivity contribution is 0.413. The van der Waals surface area contributed by atoms with Crippen molar-refractivity contribution in [1.82, 2.24) is 0 Å². The summed E-state index contributed by atoms with van der Waals surface area (Å²) in [5.74, 6) is 0.979. The zero-order valence-electron chi connectivity index (χ0n) is 9.23. The molecular weight excluding hydrogens is 305 g/mol. The van der Waals surface area contributed by atoms with E-state index in [-0.39, 0.29) is 0 Å². The first kappa shape index (κ1) is 14.0. The van der Waals surface area contributed by atoms with E-state index in [0.29, 0.717) is 17.1 Å². The Bertz CT molecular complexity index is 446. The van der Waals surface area contributed by atoms with Crippen molar-refractivity contribution in [3.05, 3.63) is 40.5 Å². The summed E-state index contributed by atoms with van der Waals surface area (Å²) < 4.78 is 6.12. The molecule has 0 amide bonds. The van der Waals surface area contributed by atoms with E-state index in [1.807, 2.05) is 18.2 Å². The minimum absolute atomic E-state index is 0.336. The van der Waals surface area contributed by atoms with E-state index >= 15 is 0 Å². The van der Waals surface area contributed by atoms with Crippen LogP contribution in [-0.4, -0.2) is 18.4 Å². The molecule has 1 aromatic carbocycles. The minimum atomic E-state index is -0.571. The zero-order valence-corrected chi connectivity index (χ0v) is 11.6. The molecule has 0 saturated carbocycles. The monoisotopic (exact) mass is 317 g/mol. The van der Waals surface area contributed by atoms with Gasteiger partial charge in [0.05, 0.1) is 12.7 Å². The lowest BCUT2D eigenvalue weighted by Crippen LogP contribution is -2.14. The van der Waals surface area contributed by atoms with Gasteiger partial charge in [0.15, 0.2) is 0 Å². The SMILES string of the molecule is COc1cc(Br)ccc1C(N)=NC=CC(N)Cl. The molecule has 0 spiro atoms. The minimum Gasteiger partial charge on any atom is -0.496 e. The Morgan fingerprint density at radius 3 is 2.88 bits per heavy atom. The molecule has 0 aromatic heterocycles. The van der Waals surface area contributed by atoms with Crippen LogP contribution in [0, 0.1) is 0 Å². The average molecular weight is 319 g/mol. The maximum Gasteiger partial charge on any atom is 0.134 e. The predicted octanol–water partition coefficient (Wildman–Crippen LogP) is 2.20. The number of nitrogens with two attached hydrogens (primary N) is 2. The highest BCUT2D eigenvalue weighted by atomic mass is 79.9. The Balaban J connectivity index is 2.99. The summed E-state index contributed by atoms with van der Waals surface area (Å²) >= 11 is 8.89. The Morgan fingerprint density at radius 2 is 2.29 bits per heavy atom. The third-order valence-corrected chi connectivity index (χ3v) is 2.56. The fourth-order valence-electron chi connectivity index (χ4n) is 1.15. The third-order valence-electron chi connectivity index (χ3n) is 1.92. The number of aliphatic imine (C=N–C) groups is 1. The largest absolute Gasteiger partial charge is 0.496 e. The molecule has 4 N–H and O–H groups in total. The summed E-state index contributed by atoms with van der Waals surface area (Å²) in [6.07, 6.45) is 2.99. The van der Waals surface area contributed by atoms with Crippen molar-refractivity contribution in [3.63, 3.8) is 0 Å². The molecule has 0 bridgehead atoms. The molecular formula is C11H13BrClN3O. The Kier molecular flexibility index (Phi) is 5.47. The molecule has 0 heterocycles. The van der Waals surface area contributed by atoms with E-state index in [2.05, 4.69) is 20.9 Å². The molecule has 1 unspecified atom stereocenters. The number of nitrogens with zero attached hydrogens (tertiary/aromatic N) is 1. The topological polar surface area (TPSA) is 73.6 Å².